The Morgan fingerprint density at radius 3 is 2.37 bits per heavy atom. The molecule has 1 aromatic heterocycles. The second-order valence-corrected chi connectivity index (χ2v) is 12.6. The van der Waals surface area contributed by atoms with Crippen LogP contribution in [0.25, 0.3) is 23.0 Å². The number of amidine groups is 1. The van der Waals surface area contributed by atoms with Crippen LogP contribution >= 0.6 is 11.8 Å². The lowest BCUT2D eigenvalue weighted by molar-refractivity contribution is -0.113. The summed E-state index contributed by atoms with van der Waals surface area (Å²) in [7, 11) is 0. The molecule has 2 aliphatic rings. The molecule has 0 atom stereocenters. The zero-order chi connectivity index (χ0) is 31.3. The molecule has 230 valence electrons. The third kappa shape index (κ3) is 6.97. The van der Waals surface area contributed by atoms with Crippen molar-refractivity contribution in [1.82, 2.24) is 14.7 Å². The van der Waals surface area contributed by atoms with Crippen LogP contribution in [0.5, 0.6) is 5.75 Å². The smallest absolute Gasteiger partial charge is 0.286 e. The van der Waals surface area contributed by atoms with Crippen molar-refractivity contribution < 1.29 is 13.9 Å². The standard InChI is InChI=1S/C38H33FN4O2S/c39-32-16-14-29(15-17-32)26-45-34-13-7-10-30(23-34)36-31(25-43(41-36)33-11-5-2-6-12-33)24-35-37(44)40-38(46-35)42-20-18-28(19-21-42)22-27-8-3-1-4-9-27/h1-17,23-25,28H,18-22,26H2. The number of likely N-dealkylation sites (tertiary alicyclic amines) is 1. The average Bonchev–Trinajstić information content (AvgIpc) is 3.69. The number of rotatable bonds is 8. The normalized spacial score (nSPS) is 16.2. The first-order valence-electron chi connectivity index (χ1n) is 15.5. The number of ether oxygens (including phenoxy) is 1. The van der Waals surface area contributed by atoms with Crippen molar-refractivity contribution in [2.24, 2.45) is 10.9 Å². The largest absolute Gasteiger partial charge is 0.489 e. The number of carbonyl (C=O) groups excluding carboxylic acids is 1. The van der Waals surface area contributed by atoms with E-state index in [-0.39, 0.29) is 11.7 Å². The molecule has 2 aliphatic heterocycles. The van der Waals surface area contributed by atoms with E-state index in [1.807, 2.05) is 71.6 Å². The van der Waals surface area contributed by atoms with Gasteiger partial charge in [0.1, 0.15) is 23.9 Å². The number of carbonyl (C=O) groups is 1. The molecular formula is C38H33FN4O2S. The number of nitrogens with zero attached hydrogens (tertiary/aromatic N) is 4. The number of hydrogen-bond acceptors (Lipinski definition) is 5. The predicted molar refractivity (Wildman–Crippen MR) is 182 cm³/mol. The Hall–Kier alpha value is -4.95. The van der Waals surface area contributed by atoms with Gasteiger partial charge in [0.25, 0.3) is 5.91 Å². The third-order valence-corrected chi connectivity index (χ3v) is 9.38. The lowest BCUT2D eigenvalue weighted by Crippen LogP contribution is -2.37. The van der Waals surface area contributed by atoms with E-state index >= 15 is 0 Å². The molecular weight excluding hydrogens is 596 g/mol. The van der Waals surface area contributed by atoms with Crippen molar-refractivity contribution in [3.05, 3.63) is 143 Å². The number of thioether (sulfide) groups is 1. The van der Waals surface area contributed by atoms with Gasteiger partial charge in [0, 0.05) is 30.4 Å². The average molecular weight is 629 g/mol. The number of piperidine rings is 1. The van der Waals surface area contributed by atoms with E-state index in [1.54, 1.807) is 12.1 Å². The fourth-order valence-electron chi connectivity index (χ4n) is 5.86. The molecule has 7 rings (SSSR count). The van der Waals surface area contributed by atoms with Crippen LogP contribution in [0.3, 0.4) is 0 Å². The van der Waals surface area contributed by atoms with Gasteiger partial charge in [0.05, 0.1) is 10.6 Å². The predicted octanol–water partition coefficient (Wildman–Crippen LogP) is 8.18. The molecule has 0 bridgehead atoms. The molecule has 0 saturated carbocycles. The topological polar surface area (TPSA) is 59.7 Å². The molecule has 0 N–H and O–H groups in total. The second-order valence-electron chi connectivity index (χ2n) is 11.6. The maximum Gasteiger partial charge on any atom is 0.286 e. The number of hydrogen-bond donors (Lipinski definition) is 0. The number of para-hydroxylation sites is 1. The summed E-state index contributed by atoms with van der Waals surface area (Å²) in [5.41, 5.74) is 5.57. The molecule has 4 aromatic carbocycles. The van der Waals surface area contributed by atoms with Crippen molar-refractivity contribution in [1.29, 1.82) is 0 Å². The second kappa shape index (κ2) is 13.6. The van der Waals surface area contributed by atoms with Gasteiger partial charge < -0.3 is 9.64 Å². The molecule has 0 radical (unpaired) electrons. The minimum Gasteiger partial charge on any atom is -0.489 e. The van der Waals surface area contributed by atoms with Crippen molar-refractivity contribution in [2.75, 3.05) is 13.1 Å². The first-order valence-corrected chi connectivity index (χ1v) is 16.3. The van der Waals surface area contributed by atoms with Gasteiger partial charge >= 0.3 is 0 Å². The van der Waals surface area contributed by atoms with Crippen LogP contribution in [0.1, 0.15) is 29.5 Å². The first-order chi connectivity index (χ1) is 22.6. The minimum absolute atomic E-state index is 0.221. The molecule has 6 nitrogen and oxygen atoms in total. The highest BCUT2D eigenvalue weighted by Crippen LogP contribution is 2.35. The van der Waals surface area contributed by atoms with Crippen LogP contribution in [0.2, 0.25) is 0 Å². The maximum absolute atomic E-state index is 13.3. The Morgan fingerprint density at radius 1 is 0.870 bits per heavy atom. The minimum atomic E-state index is -0.277. The Bertz CT molecular complexity index is 1880. The maximum atomic E-state index is 13.3. The summed E-state index contributed by atoms with van der Waals surface area (Å²) in [6.07, 6.45) is 7.10. The molecule has 0 spiro atoms. The summed E-state index contributed by atoms with van der Waals surface area (Å²) >= 11 is 1.44. The van der Waals surface area contributed by atoms with E-state index in [0.717, 1.165) is 65.6 Å². The molecule has 1 saturated heterocycles. The van der Waals surface area contributed by atoms with Crippen molar-refractivity contribution >= 4 is 28.9 Å². The lowest BCUT2D eigenvalue weighted by atomic mass is 9.90. The van der Waals surface area contributed by atoms with Crippen LogP contribution in [-0.2, 0) is 17.8 Å². The molecule has 0 unspecified atom stereocenters. The van der Waals surface area contributed by atoms with Crippen LogP contribution < -0.4 is 4.74 Å². The zero-order valence-corrected chi connectivity index (χ0v) is 26.1. The van der Waals surface area contributed by atoms with Crippen molar-refractivity contribution in [3.8, 4) is 22.7 Å². The first kappa shape index (κ1) is 29.7. The van der Waals surface area contributed by atoms with Crippen LogP contribution in [-0.4, -0.2) is 38.8 Å². The molecule has 1 fully saturated rings. The lowest BCUT2D eigenvalue weighted by Gasteiger charge is -2.32. The van der Waals surface area contributed by atoms with Crippen molar-refractivity contribution in [2.45, 2.75) is 25.9 Å². The Morgan fingerprint density at radius 2 is 1.61 bits per heavy atom. The number of benzene rings is 4. The van der Waals surface area contributed by atoms with Gasteiger partial charge in [0.2, 0.25) is 0 Å². The number of aromatic nitrogens is 2. The van der Waals surface area contributed by atoms with E-state index in [9.17, 15) is 9.18 Å². The monoisotopic (exact) mass is 628 g/mol. The summed E-state index contributed by atoms with van der Waals surface area (Å²) in [4.78, 5) is 20.5. The fraction of sp³-hybridized carbons (Fsp3) is 0.184. The van der Waals surface area contributed by atoms with Gasteiger partial charge in [-0.25, -0.2) is 9.07 Å². The highest BCUT2D eigenvalue weighted by molar-refractivity contribution is 8.18. The van der Waals surface area contributed by atoms with E-state index in [2.05, 4.69) is 40.2 Å². The summed E-state index contributed by atoms with van der Waals surface area (Å²) in [6, 6.07) is 34.6. The number of halogens is 1. The van der Waals surface area contributed by atoms with Crippen LogP contribution in [0, 0.1) is 11.7 Å². The zero-order valence-electron chi connectivity index (χ0n) is 25.3. The summed E-state index contributed by atoms with van der Waals surface area (Å²) in [5.74, 6) is 0.808. The highest BCUT2D eigenvalue weighted by Gasteiger charge is 2.29. The van der Waals surface area contributed by atoms with Crippen LogP contribution in [0.15, 0.2) is 125 Å². The molecule has 0 aliphatic carbocycles. The van der Waals surface area contributed by atoms with Gasteiger partial charge in [-0.3, -0.25) is 4.79 Å². The van der Waals surface area contributed by atoms with E-state index < -0.39 is 0 Å². The van der Waals surface area contributed by atoms with Gasteiger partial charge in [0.15, 0.2) is 5.17 Å². The number of amides is 1. The van der Waals surface area contributed by atoms with Crippen molar-refractivity contribution in [3.63, 3.8) is 0 Å². The van der Waals surface area contributed by atoms with E-state index in [1.165, 1.54) is 29.5 Å². The SMILES string of the molecule is O=C1N=C(N2CCC(Cc3ccccc3)CC2)SC1=Cc1cn(-c2ccccc2)nc1-c1cccc(OCc2ccc(F)cc2)c1. The molecule has 5 aromatic rings. The van der Waals surface area contributed by atoms with E-state index in [4.69, 9.17) is 9.84 Å². The summed E-state index contributed by atoms with van der Waals surface area (Å²) < 4.78 is 21.2. The molecule has 8 heteroatoms. The highest BCUT2D eigenvalue weighted by atomic mass is 32.2. The van der Waals surface area contributed by atoms with Gasteiger partial charge in [-0.15, -0.1) is 0 Å². The summed E-state index contributed by atoms with van der Waals surface area (Å²) in [6.45, 7) is 2.10. The molecule has 1 amide bonds. The number of aliphatic imine (C=N–C) groups is 1. The molecule has 3 heterocycles. The van der Waals surface area contributed by atoms with Gasteiger partial charge in [-0.2, -0.15) is 10.1 Å². The van der Waals surface area contributed by atoms with Gasteiger partial charge in [-0.1, -0.05) is 72.8 Å². The fourth-order valence-corrected chi connectivity index (χ4v) is 6.82. The quantitative estimate of drug-likeness (QED) is 0.162. The third-order valence-electron chi connectivity index (χ3n) is 8.34. The summed E-state index contributed by atoms with van der Waals surface area (Å²) in [5, 5.41) is 5.73. The van der Waals surface area contributed by atoms with E-state index in [0.29, 0.717) is 23.2 Å². The van der Waals surface area contributed by atoms with Gasteiger partial charge in [-0.05, 0) is 90.5 Å². The Labute approximate surface area is 272 Å². The Balaban J connectivity index is 1.10. The molecule has 46 heavy (non-hydrogen) atoms. The van der Waals surface area contributed by atoms with Crippen LogP contribution in [0.4, 0.5) is 4.39 Å². The Kier molecular flexibility index (Phi) is 8.78.